The molecule has 2 amide bonds. The number of fused-ring (bicyclic) bond motifs is 1. The second kappa shape index (κ2) is 8.58. The molecule has 25 heavy (non-hydrogen) atoms. The van der Waals surface area contributed by atoms with Crippen molar-refractivity contribution in [3.8, 4) is 0 Å². The third-order valence-corrected chi connectivity index (χ3v) is 5.00. The van der Waals surface area contributed by atoms with Gasteiger partial charge in [-0.3, -0.25) is 4.79 Å². The van der Waals surface area contributed by atoms with E-state index in [9.17, 15) is 9.59 Å². The van der Waals surface area contributed by atoms with Crippen LogP contribution in [0.2, 0.25) is 0 Å². The summed E-state index contributed by atoms with van der Waals surface area (Å²) >= 11 is 1.75. The summed E-state index contributed by atoms with van der Waals surface area (Å²) in [7, 11) is 0. The van der Waals surface area contributed by atoms with Crippen LogP contribution >= 0.6 is 11.8 Å². The van der Waals surface area contributed by atoms with E-state index in [0.29, 0.717) is 13.1 Å². The van der Waals surface area contributed by atoms with Crippen LogP contribution in [-0.4, -0.2) is 35.7 Å². The SMILES string of the molecule is O=C(NCC(=O)N1CCSc2ccccc2C1)OCc1ccccc1. The fourth-order valence-corrected chi connectivity index (χ4v) is 3.60. The number of nitrogens with zero attached hydrogens (tertiary/aromatic N) is 1. The van der Waals surface area contributed by atoms with Crippen molar-refractivity contribution in [2.45, 2.75) is 18.0 Å². The van der Waals surface area contributed by atoms with E-state index >= 15 is 0 Å². The minimum Gasteiger partial charge on any atom is -0.445 e. The van der Waals surface area contributed by atoms with Gasteiger partial charge in [0.05, 0.1) is 0 Å². The Balaban J connectivity index is 1.46. The first kappa shape index (κ1) is 17.4. The molecular weight excluding hydrogens is 336 g/mol. The first-order valence-corrected chi connectivity index (χ1v) is 9.14. The summed E-state index contributed by atoms with van der Waals surface area (Å²) in [5.74, 6) is 0.746. The molecule has 0 bridgehead atoms. The molecule has 1 aliphatic heterocycles. The van der Waals surface area contributed by atoms with E-state index in [1.54, 1.807) is 16.7 Å². The number of thioether (sulfide) groups is 1. The maximum Gasteiger partial charge on any atom is 0.407 e. The molecule has 0 aromatic heterocycles. The normalized spacial score (nSPS) is 13.5. The second-order valence-electron chi connectivity index (χ2n) is 5.69. The lowest BCUT2D eigenvalue weighted by atomic mass is 10.2. The number of rotatable bonds is 4. The summed E-state index contributed by atoms with van der Waals surface area (Å²) < 4.78 is 5.12. The summed E-state index contributed by atoms with van der Waals surface area (Å²) in [6, 6.07) is 17.5. The van der Waals surface area contributed by atoms with Gasteiger partial charge >= 0.3 is 6.09 Å². The number of carbonyl (C=O) groups excluding carboxylic acids is 2. The highest BCUT2D eigenvalue weighted by molar-refractivity contribution is 7.99. The van der Waals surface area contributed by atoms with Gasteiger partial charge in [0, 0.05) is 23.7 Å². The lowest BCUT2D eigenvalue weighted by molar-refractivity contribution is -0.130. The van der Waals surface area contributed by atoms with Gasteiger partial charge in [0.2, 0.25) is 5.91 Å². The average Bonchev–Trinajstić information content (AvgIpc) is 2.87. The number of benzene rings is 2. The van der Waals surface area contributed by atoms with Gasteiger partial charge in [-0.2, -0.15) is 0 Å². The van der Waals surface area contributed by atoms with Gasteiger partial charge in [-0.1, -0.05) is 48.5 Å². The molecule has 0 aliphatic carbocycles. The monoisotopic (exact) mass is 356 g/mol. The second-order valence-corrected chi connectivity index (χ2v) is 6.82. The molecule has 1 aliphatic rings. The Bertz CT molecular complexity index is 736. The summed E-state index contributed by atoms with van der Waals surface area (Å²) in [4.78, 5) is 27.1. The van der Waals surface area contributed by atoms with Crippen LogP contribution in [-0.2, 0) is 22.7 Å². The van der Waals surface area contributed by atoms with Gasteiger partial charge in [0.15, 0.2) is 0 Å². The lowest BCUT2D eigenvalue weighted by Gasteiger charge is -2.20. The van der Waals surface area contributed by atoms with E-state index in [2.05, 4.69) is 11.4 Å². The van der Waals surface area contributed by atoms with Crippen molar-refractivity contribution in [1.29, 1.82) is 0 Å². The first-order chi connectivity index (χ1) is 12.2. The largest absolute Gasteiger partial charge is 0.445 e. The molecule has 130 valence electrons. The highest BCUT2D eigenvalue weighted by Crippen LogP contribution is 2.26. The third kappa shape index (κ3) is 5.00. The average molecular weight is 356 g/mol. The zero-order valence-corrected chi connectivity index (χ0v) is 14.6. The molecular formula is C19H20N2O3S. The number of carbonyl (C=O) groups is 2. The smallest absolute Gasteiger partial charge is 0.407 e. The number of amides is 2. The summed E-state index contributed by atoms with van der Waals surface area (Å²) in [5, 5.41) is 2.54. The van der Waals surface area contributed by atoms with Crippen molar-refractivity contribution >= 4 is 23.8 Å². The lowest BCUT2D eigenvalue weighted by Crippen LogP contribution is -2.40. The maximum atomic E-state index is 12.4. The van der Waals surface area contributed by atoms with Crippen LogP contribution in [0.1, 0.15) is 11.1 Å². The topological polar surface area (TPSA) is 58.6 Å². The van der Waals surface area contributed by atoms with Crippen LogP contribution in [0.3, 0.4) is 0 Å². The Morgan fingerprint density at radius 1 is 1.08 bits per heavy atom. The van der Waals surface area contributed by atoms with Crippen molar-refractivity contribution in [2.24, 2.45) is 0 Å². The van der Waals surface area contributed by atoms with Gasteiger partial charge in [0.1, 0.15) is 13.2 Å². The van der Waals surface area contributed by atoms with E-state index in [1.807, 2.05) is 48.5 Å². The predicted octanol–water partition coefficient (Wildman–Crippen LogP) is 3.05. The summed E-state index contributed by atoms with van der Waals surface area (Å²) in [5.41, 5.74) is 2.05. The molecule has 0 spiro atoms. The molecule has 0 atom stereocenters. The molecule has 5 nitrogen and oxygen atoms in total. The fourth-order valence-electron chi connectivity index (χ4n) is 2.57. The number of ether oxygens (including phenoxy) is 1. The minimum absolute atomic E-state index is 0.0551. The Labute approximate surface area is 151 Å². The van der Waals surface area contributed by atoms with Crippen LogP contribution in [0.5, 0.6) is 0 Å². The van der Waals surface area contributed by atoms with Crippen LogP contribution in [0, 0.1) is 0 Å². The van der Waals surface area contributed by atoms with Crippen molar-refractivity contribution in [3.63, 3.8) is 0 Å². The number of nitrogens with one attached hydrogen (secondary N) is 1. The van der Waals surface area contributed by atoms with Gasteiger partial charge in [-0.05, 0) is 17.2 Å². The van der Waals surface area contributed by atoms with Gasteiger partial charge in [0.25, 0.3) is 0 Å². The molecule has 2 aromatic carbocycles. The molecule has 0 saturated heterocycles. The maximum absolute atomic E-state index is 12.4. The molecule has 0 radical (unpaired) electrons. The third-order valence-electron chi connectivity index (χ3n) is 3.90. The first-order valence-electron chi connectivity index (χ1n) is 8.15. The Morgan fingerprint density at radius 2 is 1.84 bits per heavy atom. The molecule has 2 aromatic rings. The van der Waals surface area contributed by atoms with Crippen molar-refractivity contribution in [1.82, 2.24) is 10.2 Å². The number of alkyl carbamates (subject to hydrolysis) is 1. The molecule has 0 saturated carbocycles. The van der Waals surface area contributed by atoms with E-state index < -0.39 is 6.09 Å². The zero-order chi connectivity index (χ0) is 17.5. The Morgan fingerprint density at radius 3 is 2.68 bits per heavy atom. The fraction of sp³-hybridized carbons (Fsp3) is 0.263. The molecule has 1 N–H and O–H groups in total. The van der Waals surface area contributed by atoms with Gasteiger partial charge < -0.3 is 15.0 Å². The molecule has 6 heteroatoms. The highest BCUT2D eigenvalue weighted by Gasteiger charge is 2.19. The predicted molar refractivity (Wildman–Crippen MR) is 97.2 cm³/mol. The van der Waals surface area contributed by atoms with E-state index in [-0.39, 0.29) is 19.1 Å². The van der Waals surface area contributed by atoms with Crippen LogP contribution in [0.25, 0.3) is 0 Å². The van der Waals surface area contributed by atoms with Crippen LogP contribution in [0.4, 0.5) is 4.79 Å². The van der Waals surface area contributed by atoms with Gasteiger partial charge in [-0.25, -0.2) is 4.79 Å². The van der Waals surface area contributed by atoms with Crippen molar-refractivity contribution in [3.05, 3.63) is 65.7 Å². The minimum atomic E-state index is -0.582. The number of hydrogen-bond donors (Lipinski definition) is 1. The van der Waals surface area contributed by atoms with E-state index in [1.165, 1.54) is 4.90 Å². The van der Waals surface area contributed by atoms with E-state index in [0.717, 1.165) is 16.9 Å². The van der Waals surface area contributed by atoms with Gasteiger partial charge in [-0.15, -0.1) is 11.8 Å². The standard InChI is InChI=1S/C19H20N2O3S/c22-18(12-20-19(23)24-14-15-6-2-1-3-7-15)21-10-11-25-17-9-5-4-8-16(17)13-21/h1-9H,10-14H2,(H,20,23). The van der Waals surface area contributed by atoms with E-state index in [4.69, 9.17) is 4.74 Å². The van der Waals surface area contributed by atoms with Crippen LogP contribution in [0.15, 0.2) is 59.5 Å². The Kier molecular flexibility index (Phi) is 5.95. The Hall–Kier alpha value is -2.47. The highest BCUT2D eigenvalue weighted by atomic mass is 32.2. The summed E-state index contributed by atoms with van der Waals surface area (Å²) in [6.07, 6.45) is -0.582. The molecule has 0 fully saturated rings. The van der Waals surface area contributed by atoms with Crippen LogP contribution < -0.4 is 5.32 Å². The van der Waals surface area contributed by atoms with Crippen molar-refractivity contribution in [2.75, 3.05) is 18.8 Å². The summed E-state index contributed by atoms with van der Waals surface area (Å²) in [6.45, 7) is 1.37. The van der Waals surface area contributed by atoms with Crippen molar-refractivity contribution < 1.29 is 14.3 Å². The quantitative estimate of drug-likeness (QED) is 0.915. The number of hydrogen-bond acceptors (Lipinski definition) is 4. The zero-order valence-electron chi connectivity index (χ0n) is 13.8. The molecule has 1 heterocycles. The molecule has 3 rings (SSSR count). The molecule has 0 unspecified atom stereocenters.